The molecule has 1 fully saturated rings. The third-order valence-electron chi connectivity index (χ3n) is 5.00. The van der Waals surface area contributed by atoms with Gasteiger partial charge in [0.25, 0.3) is 0 Å². The van der Waals surface area contributed by atoms with Gasteiger partial charge in [-0.1, -0.05) is 22.9 Å². The molecule has 2 aromatic rings. The van der Waals surface area contributed by atoms with Crippen LogP contribution >= 0.6 is 27.7 Å². The first-order valence-electron chi connectivity index (χ1n) is 9.61. The minimum atomic E-state index is -0.408. The highest BCUT2D eigenvalue weighted by Crippen LogP contribution is 2.27. The standard InChI is InChI=1S/C22H23BrFN3OS/c1-15(29-20-5-2-18(23)3-6-20)14-26-22(28)16-8-10-27(11-9-16)21-7-4-19(24)12-17(21)13-25/h2-7,12,15-16H,8-11,14H2,1H3,(H,26,28). The zero-order chi connectivity index (χ0) is 20.8. The van der Waals surface area contributed by atoms with E-state index in [4.69, 9.17) is 0 Å². The number of nitrogens with zero attached hydrogens (tertiary/aromatic N) is 2. The molecule has 1 unspecified atom stereocenters. The minimum Gasteiger partial charge on any atom is -0.370 e. The lowest BCUT2D eigenvalue weighted by Gasteiger charge is -2.33. The molecule has 0 saturated carbocycles. The van der Waals surface area contributed by atoms with Crippen molar-refractivity contribution in [3.8, 4) is 6.07 Å². The van der Waals surface area contributed by atoms with Crippen molar-refractivity contribution in [2.75, 3.05) is 24.5 Å². The molecule has 0 bridgehead atoms. The number of rotatable bonds is 6. The average molecular weight is 476 g/mol. The Morgan fingerprint density at radius 3 is 2.66 bits per heavy atom. The molecule has 2 aromatic carbocycles. The van der Waals surface area contributed by atoms with Gasteiger partial charge in [0, 0.05) is 40.2 Å². The minimum absolute atomic E-state index is 0.0258. The van der Waals surface area contributed by atoms with Crippen LogP contribution in [0, 0.1) is 23.1 Å². The highest BCUT2D eigenvalue weighted by molar-refractivity contribution is 9.10. The van der Waals surface area contributed by atoms with Gasteiger partial charge in [-0.2, -0.15) is 5.26 Å². The summed E-state index contributed by atoms with van der Waals surface area (Å²) in [5.41, 5.74) is 1.08. The van der Waals surface area contributed by atoms with Crippen LogP contribution in [-0.4, -0.2) is 30.8 Å². The van der Waals surface area contributed by atoms with Crippen molar-refractivity contribution in [1.29, 1.82) is 5.26 Å². The Labute approximate surface area is 183 Å². The predicted molar refractivity (Wildman–Crippen MR) is 119 cm³/mol. The van der Waals surface area contributed by atoms with E-state index in [1.165, 1.54) is 17.0 Å². The number of halogens is 2. The van der Waals surface area contributed by atoms with Crippen LogP contribution in [-0.2, 0) is 4.79 Å². The summed E-state index contributed by atoms with van der Waals surface area (Å²) in [5.74, 6) is -0.343. The topological polar surface area (TPSA) is 56.1 Å². The lowest BCUT2D eigenvalue weighted by molar-refractivity contribution is -0.125. The van der Waals surface area contributed by atoms with E-state index in [1.807, 2.05) is 12.1 Å². The normalized spacial score (nSPS) is 15.6. The fraction of sp³-hybridized carbons (Fsp3) is 0.364. The molecule has 1 amide bonds. The first kappa shape index (κ1) is 21.7. The summed E-state index contributed by atoms with van der Waals surface area (Å²) in [5, 5.41) is 12.6. The maximum atomic E-state index is 13.3. The number of benzene rings is 2. The third kappa shape index (κ3) is 5.97. The second-order valence-electron chi connectivity index (χ2n) is 7.16. The number of amides is 1. The Morgan fingerprint density at radius 1 is 1.31 bits per heavy atom. The van der Waals surface area contributed by atoms with E-state index in [0.29, 0.717) is 25.2 Å². The van der Waals surface area contributed by atoms with E-state index >= 15 is 0 Å². The molecule has 1 heterocycles. The van der Waals surface area contributed by atoms with Crippen LogP contribution in [0.3, 0.4) is 0 Å². The van der Waals surface area contributed by atoms with Gasteiger partial charge in [0.2, 0.25) is 5.91 Å². The summed E-state index contributed by atoms with van der Waals surface area (Å²) in [4.78, 5) is 15.8. The molecule has 4 nitrogen and oxygen atoms in total. The molecule has 1 N–H and O–H groups in total. The molecule has 1 atom stereocenters. The zero-order valence-electron chi connectivity index (χ0n) is 16.2. The summed E-state index contributed by atoms with van der Waals surface area (Å²) in [7, 11) is 0. The Bertz CT molecular complexity index is 892. The Kier molecular flexibility index (Phi) is 7.57. The van der Waals surface area contributed by atoms with E-state index in [9.17, 15) is 14.4 Å². The monoisotopic (exact) mass is 475 g/mol. The largest absolute Gasteiger partial charge is 0.370 e. The molecule has 1 aliphatic rings. The molecular formula is C22H23BrFN3OS. The molecule has 0 aliphatic carbocycles. The van der Waals surface area contributed by atoms with Crippen molar-refractivity contribution < 1.29 is 9.18 Å². The van der Waals surface area contributed by atoms with E-state index in [-0.39, 0.29) is 17.1 Å². The molecule has 152 valence electrons. The summed E-state index contributed by atoms with van der Waals surface area (Å²) < 4.78 is 14.4. The smallest absolute Gasteiger partial charge is 0.223 e. The number of thioether (sulfide) groups is 1. The van der Waals surface area contributed by atoms with Gasteiger partial charge in [-0.25, -0.2) is 4.39 Å². The maximum absolute atomic E-state index is 13.3. The van der Waals surface area contributed by atoms with Crippen molar-refractivity contribution in [1.82, 2.24) is 5.32 Å². The van der Waals surface area contributed by atoms with Crippen LogP contribution < -0.4 is 10.2 Å². The van der Waals surface area contributed by atoms with Crippen molar-refractivity contribution >= 4 is 39.3 Å². The van der Waals surface area contributed by atoms with E-state index < -0.39 is 5.82 Å². The third-order valence-corrected chi connectivity index (χ3v) is 6.64. The van der Waals surface area contributed by atoms with Crippen LogP contribution in [0.25, 0.3) is 0 Å². The van der Waals surface area contributed by atoms with Gasteiger partial charge in [0.05, 0.1) is 11.3 Å². The van der Waals surface area contributed by atoms with E-state index in [0.717, 1.165) is 23.0 Å². The van der Waals surface area contributed by atoms with E-state index in [1.54, 1.807) is 17.8 Å². The number of carbonyl (C=O) groups is 1. The highest BCUT2D eigenvalue weighted by atomic mass is 79.9. The van der Waals surface area contributed by atoms with Crippen LogP contribution in [0.5, 0.6) is 0 Å². The zero-order valence-corrected chi connectivity index (χ0v) is 18.6. The van der Waals surface area contributed by atoms with Crippen LogP contribution in [0.4, 0.5) is 10.1 Å². The summed E-state index contributed by atoms with van der Waals surface area (Å²) in [6, 6.07) is 14.5. The summed E-state index contributed by atoms with van der Waals surface area (Å²) in [6.45, 7) is 4.09. The number of hydrogen-bond acceptors (Lipinski definition) is 4. The number of hydrogen-bond donors (Lipinski definition) is 1. The quantitative estimate of drug-likeness (QED) is 0.598. The van der Waals surface area contributed by atoms with Crippen molar-refractivity contribution in [2.24, 2.45) is 5.92 Å². The number of piperidine rings is 1. The molecule has 7 heteroatoms. The lowest BCUT2D eigenvalue weighted by atomic mass is 9.95. The average Bonchev–Trinajstić information content (AvgIpc) is 2.73. The highest BCUT2D eigenvalue weighted by Gasteiger charge is 2.26. The molecule has 29 heavy (non-hydrogen) atoms. The van der Waals surface area contributed by atoms with Crippen LogP contribution in [0.2, 0.25) is 0 Å². The van der Waals surface area contributed by atoms with Gasteiger partial charge in [-0.05, 0) is 55.3 Å². The number of anilines is 1. The van der Waals surface area contributed by atoms with Crippen molar-refractivity contribution in [2.45, 2.75) is 29.9 Å². The second kappa shape index (κ2) is 10.1. The SMILES string of the molecule is CC(CNC(=O)C1CCN(c2ccc(F)cc2C#N)CC1)Sc1ccc(Br)cc1. The molecule has 1 aliphatic heterocycles. The van der Waals surface area contributed by atoms with Gasteiger partial charge in [0.1, 0.15) is 11.9 Å². The van der Waals surface area contributed by atoms with Gasteiger partial charge in [0.15, 0.2) is 0 Å². The Hall–Kier alpha value is -2.04. The summed E-state index contributed by atoms with van der Waals surface area (Å²) >= 11 is 5.17. The molecule has 1 saturated heterocycles. The van der Waals surface area contributed by atoms with Gasteiger partial charge in [-0.15, -0.1) is 11.8 Å². The van der Waals surface area contributed by atoms with Crippen LogP contribution in [0.1, 0.15) is 25.3 Å². The van der Waals surface area contributed by atoms with Crippen molar-refractivity contribution in [3.05, 3.63) is 58.3 Å². The Morgan fingerprint density at radius 2 is 2.00 bits per heavy atom. The van der Waals surface area contributed by atoms with Gasteiger partial charge >= 0.3 is 0 Å². The van der Waals surface area contributed by atoms with E-state index in [2.05, 4.69) is 51.3 Å². The van der Waals surface area contributed by atoms with Crippen LogP contribution in [0.15, 0.2) is 51.8 Å². The number of nitriles is 1. The Balaban J connectivity index is 1.46. The fourth-order valence-electron chi connectivity index (χ4n) is 3.43. The second-order valence-corrected chi connectivity index (χ2v) is 9.59. The molecule has 0 aromatic heterocycles. The van der Waals surface area contributed by atoms with Gasteiger partial charge < -0.3 is 10.2 Å². The molecule has 3 rings (SSSR count). The fourth-order valence-corrected chi connectivity index (χ4v) is 4.62. The lowest BCUT2D eigenvalue weighted by Crippen LogP contribution is -2.42. The summed E-state index contributed by atoms with van der Waals surface area (Å²) in [6.07, 6.45) is 1.45. The number of nitrogens with one attached hydrogen (secondary N) is 1. The first-order valence-corrected chi connectivity index (χ1v) is 11.3. The van der Waals surface area contributed by atoms with Crippen molar-refractivity contribution in [3.63, 3.8) is 0 Å². The molecule has 0 radical (unpaired) electrons. The molecular weight excluding hydrogens is 453 g/mol. The first-order chi connectivity index (χ1) is 14.0. The maximum Gasteiger partial charge on any atom is 0.223 e. The van der Waals surface area contributed by atoms with Gasteiger partial charge in [-0.3, -0.25) is 4.79 Å². The predicted octanol–water partition coefficient (Wildman–Crippen LogP) is 4.97. The molecule has 0 spiro atoms. The number of carbonyl (C=O) groups excluding carboxylic acids is 1.